The van der Waals surface area contributed by atoms with Gasteiger partial charge in [-0.25, -0.2) is 0 Å². The van der Waals surface area contributed by atoms with E-state index in [1.54, 1.807) is 0 Å². The molecule has 0 aromatic heterocycles. The van der Waals surface area contributed by atoms with E-state index in [-0.39, 0.29) is 0 Å². The van der Waals surface area contributed by atoms with E-state index in [1.807, 2.05) is 30.3 Å². The maximum absolute atomic E-state index is 10.6. The molecule has 0 unspecified atom stereocenters. The van der Waals surface area contributed by atoms with E-state index in [9.17, 15) is 5.11 Å². The van der Waals surface area contributed by atoms with Crippen LogP contribution in [0.5, 0.6) is 17.2 Å². The van der Waals surface area contributed by atoms with Crippen LogP contribution >= 0.6 is 0 Å². The molecule has 4 heteroatoms. The smallest absolute Gasteiger partial charge is 0.161 e. The van der Waals surface area contributed by atoms with E-state index >= 15 is 0 Å². The molecule has 1 atom stereocenters. The number of benzene rings is 3. The lowest BCUT2D eigenvalue weighted by atomic mass is 10.0. The number of phenolic OH excluding ortho intramolecular Hbond substituents is 1. The number of hydrogen-bond donors (Lipinski definition) is 1. The highest BCUT2D eigenvalue weighted by Gasteiger charge is 2.28. The zero-order valence-corrected chi connectivity index (χ0v) is 15.9. The molecule has 2 heterocycles. The predicted octanol–water partition coefficient (Wildman–Crippen LogP) is 5.04. The topological polar surface area (TPSA) is 41.9 Å². The van der Waals surface area contributed by atoms with E-state index < -0.39 is 0 Å². The van der Waals surface area contributed by atoms with Crippen molar-refractivity contribution in [3.05, 3.63) is 65.7 Å². The molecule has 144 valence electrons. The van der Waals surface area contributed by atoms with Gasteiger partial charge >= 0.3 is 0 Å². The Bertz CT molecular complexity index is 1000. The summed E-state index contributed by atoms with van der Waals surface area (Å²) >= 11 is 0. The molecule has 0 radical (unpaired) electrons. The summed E-state index contributed by atoms with van der Waals surface area (Å²) in [5.41, 5.74) is 2.28. The van der Waals surface area contributed by atoms with E-state index in [0.29, 0.717) is 25.0 Å². The first-order valence-corrected chi connectivity index (χ1v) is 10.1. The average molecular weight is 375 g/mol. The lowest BCUT2D eigenvalue weighted by Crippen LogP contribution is -2.23. The zero-order valence-electron chi connectivity index (χ0n) is 15.9. The Morgan fingerprint density at radius 2 is 1.79 bits per heavy atom. The fourth-order valence-electron chi connectivity index (χ4n) is 4.47. The van der Waals surface area contributed by atoms with Gasteiger partial charge in [0.05, 0.1) is 13.2 Å². The zero-order chi connectivity index (χ0) is 18.9. The molecular weight excluding hydrogens is 350 g/mol. The van der Waals surface area contributed by atoms with Crippen LogP contribution in [0.4, 0.5) is 0 Å². The van der Waals surface area contributed by atoms with Gasteiger partial charge in [-0.2, -0.15) is 0 Å². The highest BCUT2D eigenvalue weighted by atomic mass is 16.5. The molecule has 0 bridgehead atoms. The second kappa shape index (κ2) is 7.36. The van der Waals surface area contributed by atoms with Crippen molar-refractivity contribution >= 4 is 10.8 Å². The van der Waals surface area contributed by atoms with Crippen molar-refractivity contribution in [3.63, 3.8) is 0 Å². The monoisotopic (exact) mass is 375 g/mol. The number of phenols is 1. The van der Waals surface area contributed by atoms with Crippen molar-refractivity contribution in [2.24, 2.45) is 0 Å². The van der Waals surface area contributed by atoms with E-state index in [2.05, 4.69) is 29.2 Å². The third-order valence-corrected chi connectivity index (χ3v) is 5.90. The molecule has 1 N–H and O–H groups in total. The summed E-state index contributed by atoms with van der Waals surface area (Å²) in [4.78, 5) is 2.47. The summed E-state index contributed by atoms with van der Waals surface area (Å²) in [5, 5.41) is 12.9. The lowest BCUT2D eigenvalue weighted by molar-refractivity contribution is 0.245. The van der Waals surface area contributed by atoms with Crippen molar-refractivity contribution in [1.29, 1.82) is 0 Å². The second-order valence-electron chi connectivity index (χ2n) is 7.67. The van der Waals surface area contributed by atoms with Crippen molar-refractivity contribution in [3.8, 4) is 17.2 Å². The Morgan fingerprint density at radius 3 is 2.71 bits per heavy atom. The molecule has 3 aromatic carbocycles. The molecule has 1 saturated heterocycles. The number of rotatable bonds is 3. The van der Waals surface area contributed by atoms with Crippen LogP contribution in [-0.2, 0) is 6.54 Å². The molecular formula is C24H25NO3. The highest BCUT2D eigenvalue weighted by Crippen LogP contribution is 2.40. The molecule has 1 fully saturated rings. The molecule has 0 spiro atoms. The first-order chi connectivity index (χ1) is 13.8. The minimum Gasteiger partial charge on any atom is -0.508 e. The number of likely N-dealkylation sites (tertiary alicyclic amines) is 1. The van der Waals surface area contributed by atoms with Crippen LogP contribution in [0.25, 0.3) is 10.8 Å². The third-order valence-electron chi connectivity index (χ3n) is 5.90. The summed E-state index contributed by atoms with van der Waals surface area (Å²) in [5.74, 6) is 2.08. The maximum Gasteiger partial charge on any atom is 0.161 e. The fraction of sp³-hybridized carbons (Fsp3) is 0.333. The summed E-state index contributed by atoms with van der Waals surface area (Å²) in [7, 11) is 0. The Hall–Kier alpha value is -2.72. The van der Waals surface area contributed by atoms with Crippen LogP contribution in [0.1, 0.15) is 36.4 Å². The molecule has 4 nitrogen and oxygen atoms in total. The van der Waals surface area contributed by atoms with Gasteiger partial charge in [0.25, 0.3) is 0 Å². The number of nitrogens with zero attached hydrogens (tertiary/aromatic N) is 1. The molecule has 28 heavy (non-hydrogen) atoms. The highest BCUT2D eigenvalue weighted by molar-refractivity contribution is 5.87. The lowest BCUT2D eigenvalue weighted by Gasteiger charge is -2.26. The van der Waals surface area contributed by atoms with Gasteiger partial charge in [-0.05, 0) is 53.9 Å². The SMILES string of the molecule is Oc1ccc2ccccc2c1CN1CCC[C@H]1c1ccc2c(c1)OCCCO2. The first-order valence-electron chi connectivity index (χ1n) is 10.1. The molecule has 2 aliphatic heterocycles. The van der Waals surface area contributed by atoms with Gasteiger partial charge in [0.1, 0.15) is 5.75 Å². The van der Waals surface area contributed by atoms with Crippen LogP contribution < -0.4 is 9.47 Å². The molecule has 3 aromatic rings. The maximum atomic E-state index is 10.6. The second-order valence-corrected chi connectivity index (χ2v) is 7.67. The van der Waals surface area contributed by atoms with Gasteiger partial charge < -0.3 is 14.6 Å². The Balaban J connectivity index is 1.46. The van der Waals surface area contributed by atoms with Gasteiger partial charge in [0.2, 0.25) is 0 Å². The fourth-order valence-corrected chi connectivity index (χ4v) is 4.47. The largest absolute Gasteiger partial charge is 0.508 e. The van der Waals surface area contributed by atoms with E-state index in [0.717, 1.165) is 54.8 Å². The van der Waals surface area contributed by atoms with Crippen molar-refractivity contribution in [2.75, 3.05) is 19.8 Å². The third kappa shape index (κ3) is 3.18. The van der Waals surface area contributed by atoms with Crippen LogP contribution in [0.2, 0.25) is 0 Å². The minimum atomic E-state index is 0.329. The van der Waals surface area contributed by atoms with E-state index in [4.69, 9.17) is 9.47 Å². The number of hydrogen-bond acceptors (Lipinski definition) is 4. The predicted molar refractivity (Wildman–Crippen MR) is 110 cm³/mol. The summed E-state index contributed by atoms with van der Waals surface area (Å²) in [6, 6.07) is 18.8. The molecule has 0 amide bonds. The molecule has 0 aliphatic carbocycles. The Labute approximate surface area is 165 Å². The van der Waals surface area contributed by atoms with Gasteiger partial charge in [0.15, 0.2) is 11.5 Å². The Kier molecular flexibility index (Phi) is 4.57. The summed E-state index contributed by atoms with van der Waals surface area (Å²) in [6.45, 7) is 3.19. The van der Waals surface area contributed by atoms with Crippen LogP contribution in [-0.4, -0.2) is 29.8 Å². The van der Waals surface area contributed by atoms with Crippen molar-refractivity contribution in [2.45, 2.75) is 31.8 Å². The molecule has 5 rings (SSSR count). The van der Waals surface area contributed by atoms with Gasteiger partial charge in [-0.3, -0.25) is 4.90 Å². The quantitative estimate of drug-likeness (QED) is 0.696. The Morgan fingerprint density at radius 1 is 0.929 bits per heavy atom. The average Bonchev–Trinajstić information content (AvgIpc) is 3.06. The van der Waals surface area contributed by atoms with Crippen molar-refractivity contribution < 1.29 is 14.6 Å². The molecule has 0 saturated carbocycles. The first kappa shape index (κ1) is 17.4. The van der Waals surface area contributed by atoms with Gasteiger partial charge in [-0.1, -0.05) is 36.4 Å². The van der Waals surface area contributed by atoms with Crippen LogP contribution in [0, 0.1) is 0 Å². The standard InChI is InChI=1S/C24H25NO3/c26-22-10-8-17-5-1-2-6-19(17)20(22)16-25-12-3-7-21(25)18-9-11-23-24(15-18)28-14-4-13-27-23/h1-2,5-6,8-11,15,21,26H,3-4,7,12-14,16H2/t21-/m0/s1. The number of aromatic hydroxyl groups is 1. The number of ether oxygens (including phenoxy) is 2. The minimum absolute atomic E-state index is 0.329. The van der Waals surface area contributed by atoms with Crippen LogP contribution in [0.3, 0.4) is 0 Å². The van der Waals surface area contributed by atoms with E-state index in [1.165, 1.54) is 10.9 Å². The van der Waals surface area contributed by atoms with Crippen molar-refractivity contribution in [1.82, 2.24) is 4.90 Å². The summed E-state index contributed by atoms with van der Waals surface area (Å²) in [6.07, 6.45) is 3.19. The normalized spacial score (nSPS) is 19.6. The summed E-state index contributed by atoms with van der Waals surface area (Å²) < 4.78 is 11.7. The van der Waals surface area contributed by atoms with Crippen LogP contribution in [0.15, 0.2) is 54.6 Å². The number of fused-ring (bicyclic) bond motifs is 2. The van der Waals surface area contributed by atoms with Gasteiger partial charge in [0, 0.05) is 24.6 Å². The molecule has 2 aliphatic rings. The van der Waals surface area contributed by atoms with Gasteiger partial charge in [-0.15, -0.1) is 0 Å².